The number of rotatable bonds is 6. The largest absolute Gasteiger partial charge is 0.462 e. The molecule has 3 rings (SSSR count). The van der Waals surface area contributed by atoms with Crippen LogP contribution in [0.15, 0.2) is 64.0 Å². The van der Waals surface area contributed by atoms with Gasteiger partial charge < -0.3 is 14.5 Å². The van der Waals surface area contributed by atoms with Crippen molar-refractivity contribution in [2.75, 3.05) is 11.9 Å². The summed E-state index contributed by atoms with van der Waals surface area (Å²) in [6.45, 7) is 3.46. The van der Waals surface area contributed by atoms with E-state index in [2.05, 4.69) is 10.3 Å². The molecule has 7 heteroatoms. The van der Waals surface area contributed by atoms with Gasteiger partial charge in [0, 0.05) is 18.2 Å². The first-order valence-corrected chi connectivity index (χ1v) is 9.32. The van der Waals surface area contributed by atoms with Gasteiger partial charge in [-0.25, -0.2) is 4.79 Å². The fourth-order valence-corrected chi connectivity index (χ4v) is 2.79. The average Bonchev–Trinajstić information content (AvgIpc) is 3.16. The smallest absolute Gasteiger partial charge is 0.339 e. The maximum absolute atomic E-state index is 12.0. The number of nitrogens with zero attached hydrogens (tertiary/aromatic N) is 1. The highest BCUT2D eigenvalue weighted by Gasteiger charge is 2.14. The van der Waals surface area contributed by atoms with Crippen molar-refractivity contribution in [1.29, 1.82) is 0 Å². The Morgan fingerprint density at radius 2 is 1.90 bits per heavy atom. The molecule has 0 spiro atoms. The molecular formula is C22H19ClN2O4. The van der Waals surface area contributed by atoms with E-state index in [0.717, 1.165) is 0 Å². The zero-order chi connectivity index (χ0) is 20.8. The monoisotopic (exact) mass is 410 g/mol. The molecule has 3 aromatic rings. The first-order chi connectivity index (χ1) is 14.0. The van der Waals surface area contributed by atoms with Crippen LogP contribution in [0.2, 0.25) is 5.02 Å². The topological polar surface area (TPSA) is 80.9 Å². The number of ether oxygens (including phenoxy) is 1. The second kappa shape index (κ2) is 9.21. The van der Waals surface area contributed by atoms with Gasteiger partial charge in [-0.15, -0.1) is 0 Å². The van der Waals surface area contributed by atoms with E-state index in [-0.39, 0.29) is 18.1 Å². The molecule has 0 atom stereocenters. The number of carbonyl (C=O) groups excluding carboxylic acids is 2. The average molecular weight is 411 g/mol. The van der Waals surface area contributed by atoms with Gasteiger partial charge in [0.1, 0.15) is 11.5 Å². The molecule has 1 heterocycles. The molecule has 1 N–H and O–H groups in total. The van der Waals surface area contributed by atoms with E-state index in [9.17, 15) is 9.59 Å². The summed E-state index contributed by atoms with van der Waals surface area (Å²) < 4.78 is 10.8. The van der Waals surface area contributed by atoms with Crippen LogP contribution in [0, 0.1) is 0 Å². The van der Waals surface area contributed by atoms with Crippen LogP contribution in [0.25, 0.3) is 11.3 Å². The molecule has 0 saturated carbocycles. The molecule has 0 aliphatic rings. The molecule has 0 bridgehead atoms. The molecular weight excluding hydrogens is 392 g/mol. The van der Waals surface area contributed by atoms with E-state index in [4.69, 9.17) is 20.8 Å². The lowest BCUT2D eigenvalue weighted by atomic mass is 10.1. The van der Waals surface area contributed by atoms with Gasteiger partial charge in [0.25, 0.3) is 0 Å². The Balaban J connectivity index is 1.75. The molecule has 1 aromatic heterocycles. The second-order valence-electron chi connectivity index (χ2n) is 6.10. The maximum Gasteiger partial charge on any atom is 0.339 e. The van der Waals surface area contributed by atoms with Gasteiger partial charge in [-0.05, 0) is 61.5 Å². The van der Waals surface area contributed by atoms with E-state index in [0.29, 0.717) is 33.5 Å². The van der Waals surface area contributed by atoms with Crippen LogP contribution in [0.1, 0.15) is 30.0 Å². The van der Waals surface area contributed by atoms with E-state index < -0.39 is 5.97 Å². The quantitative estimate of drug-likeness (QED) is 0.430. The Morgan fingerprint density at radius 1 is 1.14 bits per heavy atom. The van der Waals surface area contributed by atoms with Crippen molar-refractivity contribution in [1.82, 2.24) is 0 Å². The number of esters is 1. The zero-order valence-electron chi connectivity index (χ0n) is 15.9. The third-order valence-electron chi connectivity index (χ3n) is 3.90. The van der Waals surface area contributed by atoms with Crippen LogP contribution in [-0.2, 0) is 9.53 Å². The predicted octanol–water partition coefficient (Wildman–Crippen LogP) is 5.49. The summed E-state index contributed by atoms with van der Waals surface area (Å²) in [4.78, 5) is 27.4. The Hall–Kier alpha value is -3.38. The lowest BCUT2D eigenvalue weighted by Gasteiger charge is -2.05. The number of furan rings is 1. The first kappa shape index (κ1) is 20.4. The number of benzene rings is 2. The van der Waals surface area contributed by atoms with E-state index in [1.54, 1.807) is 67.7 Å². The van der Waals surface area contributed by atoms with Crippen molar-refractivity contribution in [3.63, 3.8) is 0 Å². The van der Waals surface area contributed by atoms with Crippen LogP contribution in [0.5, 0.6) is 0 Å². The second-order valence-corrected chi connectivity index (χ2v) is 6.51. The summed E-state index contributed by atoms with van der Waals surface area (Å²) in [5.41, 5.74) is 2.42. The van der Waals surface area contributed by atoms with Gasteiger partial charge in [-0.3, -0.25) is 9.79 Å². The molecule has 0 radical (unpaired) electrons. The third kappa shape index (κ3) is 5.33. The van der Waals surface area contributed by atoms with Crippen molar-refractivity contribution in [3.05, 3.63) is 70.9 Å². The van der Waals surface area contributed by atoms with Crippen molar-refractivity contribution >= 4 is 41.1 Å². The van der Waals surface area contributed by atoms with Crippen LogP contribution in [0.4, 0.5) is 11.4 Å². The summed E-state index contributed by atoms with van der Waals surface area (Å²) in [6.07, 6.45) is 1.60. The van der Waals surface area contributed by atoms with Crippen molar-refractivity contribution in [3.8, 4) is 11.3 Å². The first-order valence-electron chi connectivity index (χ1n) is 8.95. The fourth-order valence-electron chi connectivity index (χ4n) is 2.59. The minimum Gasteiger partial charge on any atom is -0.462 e. The number of halogens is 1. The standard InChI is InChI=1S/C22H19ClN2O4/c1-3-28-22(27)19-12-15(4-10-20(19)23)21-11-9-18(29-21)13-24-16-5-7-17(8-6-16)25-14(2)26/h4-13H,3H2,1-2H3,(H,25,26). The SMILES string of the molecule is CCOC(=O)c1cc(-c2ccc(C=Nc3ccc(NC(C)=O)cc3)o2)ccc1Cl. The molecule has 0 fully saturated rings. The Bertz CT molecular complexity index is 1050. The molecule has 6 nitrogen and oxygen atoms in total. The predicted molar refractivity (Wildman–Crippen MR) is 113 cm³/mol. The summed E-state index contributed by atoms with van der Waals surface area (Å²) >= 11 is 6.10. The minimum absolute atomic E-state index is 0.127. The van der Waals surface area contributed by atoms with Gasteiger partial charge in [-0.1, -0.05) is 11.6 Å². The van der Waals surface area contributed by atoms with Crippen LogP contribution >= 0.6 is 11.6 Å². The van der Waals surface area contributed by atoms with Crippen LogP contribution in [0.3, 0.4) is 0 Å². The van der Waals surface area contributed by atoms with Crippen molar-refractivity contribution < 1.29 is 18.7 Å². The molecule has 148 valence electrons. The highest BCUT2D eigenvalue weighted by atomic mass is 35.5. The Morgan fingerprint density at radius 3 is 2.59 bits per heavy atom. The van der Waals surface area contributed by atoms with Crippen LogP contribution < -0.4 is 5.32 Å². The number of hydrogen-bond acceptors (Lipinski definition) is 5. The van der Waals surface area contributed by atoms with Gasteiger partial charge in [0.2, 0.25) is 5.91 Å². The highest BCUT2D eigenvalue weighted by molar-refractivity contribution is 6.33. The lowest BCUT2D eigenvalue weighted by molar-refractivity contribution is -0.114. The number of amides is 1. The molecule has 0 aliphatic carbocycles. The zero-order valence-corrected chi connectivity index (χ0v) is 16.7. The van der Waals surface area contributed by atoms with E-state index in [1.165, 1.54) is 6.92 Å². The van der Waals surface area contributed by atoms with Gasteiger partial charge in [0.15, 0.2) is 0 Å². The van der Waals surface area contributed by atoms with E-state index >= 15 is 0 Å². The minimum atomic E-state index is -0.476. The molecule has 0 unspecified atom stereocenters. The van der Waals surface area contributed by atoms with Crippen LogP contribution in [-0.4, -0.2) is 24.7 Å². The molecule has 1 amide bonds. The summed E-state index contributed by atoms with van der Waals surface area (Å²) in [6, 6.07) is 15.7. The third-order valence-corrected chi connectivity index (χ3v) is 4.23. The van der Waals surface area contributed by atoms with Gasteiger partial charge in [0.05, 0.1) is 29.1 Å². The Labute approximate surface area is 173 Å². The summed E-state index contributed by atoms with van der Waals surface area (Å²) in [7, 11) is 0. The van der Waals surface area contributed by atoms with Crippen molar-refractivity contribution in [2.24, 2.45) is 4.99 Å². The maximum atomic E-state index is 12.0. The molecule has 0 saturated heterocycles. The molecule has 29 heavy (non-hydrogen) atoms. The number of carbonyl (C=O) groups is 2. The van der Waals surface area contributed by atoms with Gasteiger partial charge >= 0.3 is 5.97 Å². The number of aliphatic imine (C=N–C) groups is 1. The summed E-state index contributed by atoms with van der Waals surface area (Å²) in [5, 5.41) is 3.02. The number of anilines is 1. The van der Waals surface area contributed by atoms with Crippen molar-refractivity contribution in [2.45, 2.75) is 13.8 Å². The fraction of sp³-hybridized carbons (Fsp3) is 0.136. The Kier molecular flexibility index (Phi) is 6.46. The number of hydrogen-bond donors (Lipinski definition) is 1. The highest BCUT2D eigenvalue weighted by Crippen LogP contribution is 2.27. The molecule has 2 aromatic carbocycles. The lowest BCUT2D eigenvalue weighted by Crippen LogP contribution is -2.05. The number of nitrogens with one attached hydrogen (secondary N) is 1. The summed E-state index contributed by atoms with van der Waals surface area (Å²) in [5.74, 6) is 0.529. The normalized spacial score (nSPS) is 10.9. The van der Waals surface area contributed by atoms with Gasteiger partial charge in [-0.2, -0.15) is 0 Å². The molecule has 0 aliphatic heterocycles. The van der Waals surface area contributed by atoms with E-state index in [1.807, 2.05) is 0 Å².